The lowest BCUT2D eigenvalue weighted by Crippen LogP contribution is -2.36. The zero-order valence-electron chi connectivity index (χ0n) is 17.8. The van der Waals surface area contributed by atoms with Crippen LogP contribution in [-0.4, -0.2) is 38.6 Å². The first-order valence-corrected chi connectivity index (χ1v) is 10.6. The smallest absolute Gasteiger partial charge is 0.253 e. The number of benzene rings is 2. The first-order chi connectivity index (χ1) is 14.5. The molecule has 0 unspecified atom stereocenters. The molecule has 6 nitrogen and oxygen atoms in total. The molecule has 0 aromatic heterocycles. The topological polar surface area (TPSA) is 70.7 Å². The van der Waals surface area contributed by atoms with Gasteiger partial charge in [0.15, 0.2) is 0 Å². The number of anilines is 2. The van der Waals surface area contributed by atoms with Crippen molar-refractivity contribution in [3.05, 3.63) is 59.7 Å². The summed E-state index contributed by atoms with van der Waals surface area (Å²) in [5.74, 6) is -0.343. The van der Waals surface area contributed by atoms with Crippen molar-refractivity contribution < 1.29 is 14.3 Å². The quantitative estimate of drug-likeness (QED) is 0.692. The van der Waals surface area contributed by atoms with Crippen molar-refractivity contribution in [2.45, 2.75) is 44.8 Å². The van der Waals surface area contributed by atoms with E-state index in [4.69, 9.17) is 4.74 Å². The normalized spacial score (nSPS) is 14.2. The Morgan fingerprint density at radius 3 is 2.47 bits per heavy atom. The number of ether oxygens (including phenoxy) is 1. The molecule has 0 saturated heterocycles. The Kier molecular flexibility index (Phi) is 7.85. The van der Waals surface area contributed by atoms with Crippen molar-refractivity contribution >= 4 is 23.2 Å². The fourth-order valence-corrected chi connectivity index (χ4v) is 3.73. The van der Waals surface area contributed by atoms with Gasteiger partial charge in [-0.1, -0.05) is 49.6 Å². The van der Waals surface area contributed by atoms with Crippen LogP contribution in [0.2, 0.25) is 0 Å². The molecule has 0 heterocycles. The second-order valence-corrected chi connectivity index (χ2v) is 7.96. The molecule has 2 aromatic carbocycles. The third-order valence-electron chi connectivity index (χ3n) is 5.29. The number of carbonyl (C=O) groups excluding carboxylic acids is 2. The molecule has 2 N–H and O–H groups in total. The second-order valence-electron chi connectivity index (χ2n) is 7.96. The van der Waals surface area contributed by atoms with Crippen molar-refractivity contribution in [1.82, 2.24) is 5.32 Å². The minimum atomic E-state index is -0.248. The zero-order chi connectivity index (χ0) is 21.3. The number of rotatable bonds is 8. The maximum absolute atomic E-state index is 12.9. The average molecular weight is 410 g/mol. The summed E-state index contributed by atoms with van der Waals surface area (Å²) in [6, 6.07) is 15.3. The predicted molar refractivity (Wildman–Crippen MR) is 120 cm³/mol. The first kappa shape index (κ1) is 21.8. The SMILES string of the molecule is CN(C)c1ccc(NC(=O)COCc2ccccc2)cc1C(=O)NC1CCCCC1. The van der Waals surface area contributed by atoms with Crippen molar-refractivity contribution in [3.8, 4) is 0 Å². The molecular formula is C24H31N3O3. The van der Waals surface area contributed by atoms with Gasteiger partial charge in [0.2, 0.25) is 5.91 Å². The number of carbonyl (C=O) groups is 2. The maximum Gasteiger partial charge on any atom is 0.253 e. The van der Waals surface area contributed by atoms with E-state index in [1.165, 1.54) is 6.42 Å². The van der Waals surface area contributed by atoms with E-state index in [1.54, 1.807) is 6.07 Å². The summed E-state index contributed by atoms with van der Waals surface area (Å²) in [6.07, 6.45) is 5.61. The van der Waals surface area contributed by atoms with Crippen molar-refractivity contribution in [2.75, 3.05) is 30.9 Å². The van der Waals surface area contributed by atoms with Crippen LogP contribution in [0.4, 0.5) is 11.4 Å². The average Bonchev–Trinajstić information content (AvgIpc) is 2.75. The van der Waals surface area contributed by atoms with E-state index in [2.05, 4.69) is 10.6 Å². The largest absolute Gasteiger partial charge is 0.377 e. The molecule has 0 radical (unpaired) electrons. The molecular weight excluding hydrogens is 378 g/mol. The lowest BCUT2D eigenvalue weighted by atomic mass is 9.95. The molecule has 3 rings (SSSR count). The molecule has 2 amide bonds. The summed E-state index contributed by atoms with van der Waals surface area (Å²) >= 11 is 0. The van der Waals surface area contributed by atoms with E-state index in [9.17, 15) is 9.59 Å². The van der Waals surface area contributed by atoms with Gasteiger partial charge in [0, 0.05) is 31.5 Å². The summed E-state index contributed by atoms with van der Waals surface area (Å²) in [4.78, 5) is 27.1. The van der Waals surface area contributed by atoms with Gasteiger partial charge in [-0.3, -0.25) is 9.59 Å². The Bertz CT molecular complexity index is 846. The van der Waals surface area contributed by atoms with Gasteiger partial charge < -0.3 is 20.3 Å². The highest BCUT2D eigenvalue weighted by atomic mass is 16.5. The highest BCUT2D eigenvalue weighted by Crippen LogP contribution is 2.24. The van der Waals surface area contributed by atoms with E-state index in [0.29, 0.717) is 17.9 Å². The van der Waals surface area contributed by atoms with Gasteiger partial charge in [0.1, 0.15) is 6.61 Å². The summed E-state index contributed by atoms with van der Waals surface area (Å²) in [5.41, 5.74) is 2.99. The highest BCUT2D eigenvalue weighted by Gasteiger charge is 2.20. The Morgan fingerprint density at radius 2 is 1.77 bits per heavy atom. The number of hydrogen-bond acceptors (Lipinski definition) is 4. The van der Waals surface area contributed by atoms with Gasteiger partial charge in [-0.15, -0.1) is 0 Å². The van der Waals surface area contributed by atoms with E-state index < -0.39 is 0 Å². The van der Waals surface area contributed by atoms with E-state index in [0.717, 1.165) is 36.9 Å². The second kappa shape index (κ2) is 10.8. The molecule has 1 aliphatic rings. The molecule has 160 valence electrons. The van der Waals surface area contributed by atoms with E-state index >= 15 is 0 Å². The number of nitrogens with zero attached hydrogens (tertiary/aromatic N) is 1. The monoisotopic (exact) mass is 409 g/mol. The van der Waals surface area contributed by atoms with Crippen LogP contribution in [0.15, 0.2) is 48.5 Å². The van der Waals surface area contributed by atoms with Gasteiger partial charge in [-0.05, 0) is 36.6 Å². The molecule has 1 aliphatic carbocycles. The third kappa shape index (κ3) is 6.32. The van der Waals surface area contributed by atoms with Gasteiger partial charge in [-0.2, -0.15) is 0 Å². The Labute approximate surface area is 178 Å². The van der Waals surface area contributed by atoms with Crippen LogP contribution in [0, 0.1) is 0 Å². The number of hydrogen-bond donors (Lipinski definition) is 2. The van der Waals surface area contributed by atoms with Crippen LogP contribution in [0.5, 0.6) is 0 Å². The van der Waals surface area contributed by atoms with Gasteiger partial charge in [0.25, 0.3) is 5.91 Å². The van der Waals surface area contributed by atoms with Gasteiger partial charge >= 0.3 is 0 Å². The first-order valence-electron chi connectivity index (χ1n) is 10.6. The van der Waals surface area contributed by atoms with Crippen molar-refractivity contribution in [1.29, 1.82) is 0 Å². The molecule has 1 fully saturated rings. The number of nitrogens with one attached hydrogen (secondary N) is 2. The van der Waals surface area contributed by atoms with Crippen LogP contribution in [0.1, 0.15) is 48.0 Å². The minimum Gasteiger partial charge on any atom is -0.377 e. The van der Waals surface area contributed by atoms with Crippen LogP contribution < -0.4 is 15.5 Å². The Balaban J connectivity index is 1.61. The Morgan fingerprint density at radius 1 is 1.03 bits per heavy atom. The third-order valence-corrected chi connectivity index (χ3v) is 5.29. The van der Waals surface area contributed by atoms with Gasteiger partial charge in [-0.25, -0.2) is 0 Å². The molecule has 6 heteroatoms. The standard InChI is InChI=1S/C24H31N3O3/c1-27(2)22-14-13-20(15-21(22)24(29)26-19-11-7-4-8-12-19)25-23(28)17-30-16-18-9-5-3-6-10-18/h3,5-6,9-10,13-15,19H,4,7-8,11-12,16-17H2,1-2H3,(H,25,28)(H,26,29). The van der Waals surface area contributed by atoms with Crippen LogP contribution in [0.25, 0.3) is 0 Å². The minimum absolute atomic E-state index is 0.0477. The van der Waals surface area contributed by atoms with Crippen LogP contribution in [0.3, 0.4) is 0 Å². The molecule has 0 bridgehead atoms. The fraction of sp³-hybridized carbons (Fsp3) is 0.417. The van der Waals surface area contributed by atoms with E-state index in [1.807, 2.05) is 61.5 Å². The summed E-state index contributed by atoms with van der Waals surface area (Å²) < 4.78 is 5.49. The Hall–Kier alpha value is -2.86. The molecule has 0 spiro atoms. The predicted octanol–water partition coefficient (Wildman–Crippen LogP) is 3.97. The molecule has 0 atom stereocenters. The summed E-state index contributed by atoms with van der Waals surface area (Å²) in [7, 11) is 3.81. The lowest BCUT2D eigenvalue weighted by molar-refractivity contribution is -0.121. The lowest BCUT2D eigenvalue weighted by Gasteiger charge is -2.24. The summed E-state index contributed by atoms with van der Waals surface area (Å²) in [5, 5.41) is 5.99. The molecule has 30 heavy (non-hydrogen) atoms. The van der Waals surface area contributed by atoms with Gasteiger partial charge in [0.05, 0.1) is 12.2 Å². The van der Waals surface area contributed by atoms with Crippen molar-refractivity contribution in [3.63, 3.8) is 0 Å². The molecule has 2 aromatic rings. The number of amides is 2. The maximum atomic E-state index is 12.9. The van der Waals surface area contributed by atoms with Crippen LogP contribution >= 0.6 is 0 Å². The molecule has 1 saturated carbocycles. The van der Waals surface area contributed by atoms with Crippen LogP contribution in [-0.2, 0) is 16.1 Å². The van der Waals surface area contributed by atoms with E-state index in [-0.39, 0.29) is 24.5 Å². The highest BCUT2D eigenvalue weighted by molar-refractivity contribution is 6.02. The zero-order valence-corrected chi connectivity index (χ0v) is 17.8. The molecule has 0 aliphatic heterocycles. The van der Waals surface area contributed by atoms with Crippen molar-refractivity contribution in [2.24, 2.45) is 0 Å². The fourth-order valence-electron chi connectivity index (χ4n) is 3.73. The summed E-state index contributed by atoms with van der Waals surface area (Å²) in [6.45, 7) is 0.330.